The molecule has 258 valence electrons. The molecule has 6 amide bonds. The average molecular weight is 658 g/mol. The van der Waals surface area contributed by atoms with E-state index in [1.165, 1.54) is 19.4 Å². The van der Waals surface area contributed by atoms with Crippen LogP contribution in [-0.2, 0) is 40.0 Å². The van der Waals surface area contributed by atoms with Gasteiger partial charge in [-0.2, -0.15) is 0 Å². The zero-order valence-electron chi connectivity index (χ0n) is 25.6. The Morgan fingerprint density at radius 3 is 1.85 bits per heavy atom. The Morgan fingerprint density at radius 1 is 0.826 bits per heavy atom. The second-order valence-electron chi connectivity index (χ2n) is 10.5. The second-order valence-corrected chi connectivity index (χ2v) is 10.5. The summed E-state index contributed by atoms with van der Waals surface area (Å²) in [6, 6.07) is -9.19. The molecule has 0 aromatic carbocycles. The van der Waals surface area contributed by atoms with Crippen LogP contribution in [0.25, 0.3) is 0 Å². The Labute approximate surface area is 263 Å². The third-order valence-corrected chi connectivity index (χ3v) is 6.84. The lowest BCUT2D eigenvalue weighted by molar-refractivity contribution is -0.143. The lowest BCUT2D eigenvalue weighted by Gasteiger charge is -2.29. The summed E-state index contributed by atoms with van der Waals surface area (Å²) in [4.78, 5) is 93.9. The zero-order chi connectivity index (χ0) is 35.1. The summed E-state index contributed by atoms with van der Waals surface area (Å²) < 4.78 is 0. The maximum atomic E-state index is 13.3. The van der Waals surface area contributed by atoms with E-state index in [4.69, 9.17) is 16.6 Å². The van der Waals surface area contributed by atoms with Gasteiger partial charge in [-0.15, -0.1) is 0 Å². The SMILES string of the molecule is CC[C@H](C)[C@H](NC(=O)[C@@H](NC(=O)[C@@H](N)CO)[C@@H](C)O)C(=O)N[C@@H](CO)C(=O)N[C@@H](Cc1cnc[nH]1)C(=O)N[C@@H](CC(N)=O)C(=O)O. The number of aliphatic hydroxyl groups excluding tert-OH is 3. The summed E-state index contributed by atoms with van der Waals surface area (Å²) in [6.07, 6.45) is 0.511. The molecule has 0 bridgehead atoms. The van der Waals surface area contributed by atoms with Gasteiger partial charge in [0.05, 0.1) is 32.1 Å². The van der Waals surface area contributed by atoms with Crippen LogP contribution in [0.1, 0.15) is 39.3 Å². The highest BCUT2D eigenvalue weighted by molar-refractivity contribution is 5.97. The summed E-state index contributed by atoms with van der Waals surface area (Å²) in [6.45, 7) is 2.78. The quantitative estimate of drug-likeness (QED) is 0.0622. The van der Waals surface area contributed by atoms with E-state index in [-0.39, 0.29) is 6.42 Å². The highest BCUT2D eigenvalue weighted by atomic mass is 16.4. The number of carbonyl (C=O) groups excluding carboxylic acids is 6. The molecule has 0 radical (unpaired) electrons. The van der Waals surface area contributed by atoms with Crippen molar-refractivity contribution in [2.45, 2.75) is 82.4 Å². The summed E-state index contributed by atoms with van der Waals surface area (Å²) in [5.74, 6) is -8.12. The van der Waals surface area contributed by atoms with Crippen molar-refractivity contribution in [2.24, 2.45) is 17.4 Å². The number of carbonyl (C=O) groups is 7. The van der Waals surface area contributed by atoms with Gasteiger partial charge >= 0.3 is 5.97 Å². The number of aliphatic hydroxyl groups is 3. The Morgan fingerprint density at radius 2 is 1.37 bits per heavy atom. The van der Waals surface area contributed by atoms with E-state index in [9.17, 15) is 48.9 Å². The maximum absolute atomic E-state index is 13.3. The molecule has 1 aromatic heterocycles. The van der Waals surface area contributed by atoms with Crippen LogP contribution < -0.4 is 38.1 Å². The van der Waals surface area contributed by atoms with Crippen LogP contribution in [-0.4, -0.2) is 127 Å². The number of aromatic nitrogens is 2. The molecular formula is C26H43N9O11. The normalized spacial score (nSPS) is 16.2. The first kappa shape index (κ1) is 39.4. The van der Waals surface area contributed by atoms with Gasteiger partial charge in [0.2, 0.25) is 35.4 Å². The van der Waals surface area contributed by atoms with Gasteiger partial charge in [0.15, 0.2) is 0 Å². The van der Waals surface area contributed by atoms with Gasteiger partial charge in [0.25, 0.3) is 0 Å². The summed E-state index contributed by atoms with van der Waals surface area (Å²) in [5, 5.41) is 49.8. The van der Waals surface area contributed by atoms with Crippen molar-refractivity contribution in [1.82, 2.24) is 36.6 Å². The number of nitrogens with two attached hydrogens (primary N) is 2. The average Bonchev–Trinajstić information content (AvgIpc) is 3.51. The van der Waals surface area contributed by atoms with Crippen LogP contribution in [0.15, 0.2) is 12.5 Å². The van der Waals surface area contributed by atoms with Gasteiger partial charge < -0.3 is 63.5 Å². The first-order chi connectivity index (χ1) is 21.6. The molecule has 0 saturated carbocycles. The lowest BCUT2D eigenvalue weighted by atomic mass is 9.97. The monoisotopic (exact) mass is 657 g/mol. The van der Waals surface area contributed by atoms with Crippen molar-refractivity contribution in [2.75, 3.05) is 13.2 Å². The van der Waals surface area contributed by atoms with Crippen LogP contribution in [0, 0.1) is 5.92 Å². The van der Waals surface area contributed by atoms with E-state index in [2.05, 4.69) is 36.6 Å². The number of hydrogen-bond donors (Lipinski definition) is 12. The number of aliphatic carboxylic acids is 1. The number of primary amides is 1. The molecule has 1 heterocycles. The molecule has 0 unspecified atom stereocenters. The molecule has 20 heteroatoms. The molecule has 0 saturated heterocycles. The van der Waals surface area contributed by atoms with Crippen molar-refractivity contribution in [1.29, 1.82) is 0 Å². The maximum Gasteiger partial charge on any atom is 0.326 e. The second kappa shape index (κ2) is 19.0. The number of amides is 6. The number of H-pyrrole nitrogens is 1. The van der Waals surface area contributed by atoms with Crippen molar-refractivity contribution in [3.05, 3.63) is 18.2 Å². The molecule has 8 atom stereocenters. The molecule has 0 aliphatic carbocycles. The van der Waals surface area contributed by atoms with Crippen molar-refractivity contribution in [3.63, 3.8) is 0 Å². The predicted octanol–water partition coefficient (Wildman–Crippen LogP) is -5.93. The van der Waals surface area contributed by atoms with Gasteiger partial charge in [-0.05, 0) is 12.8 Å². The minimum Gasteiger partial charge on any atom is -0.480 e. The van der Waals surface area contributed by atoms with E-state index in [0.717, 1.165) is 0 Å². The van der Waals surface area contributed by atoms with Crippen molar-refractivity contribution < 1.29 is 54.0 Å². The molecular weight excluding hydrogens is 614 g/mol. The van der Waals surface area contributed by atoms with Crippen molar-refractivity contribution in [3.8, 4) is 0 Å². The largest absolute Gasteiger partial charge is 0.480 e. The minimum atomic E-state index is -1.71. The molecule has 1 aromatic rings. The van der Waals surface area contributed by atoms with Gasteiger partial charge in [-0.25, -0.2) is 9.78 Å². The van der Waals surface area contributed by atoms with Gasteiger partial charge in [0, 0.05) is 18.3 Å². The van der Waals surface area contributed by atoms with Gasteiger partial charge in [0.1, 0.15) is 36.3 Å². The topological polar surface area (TPSA) is 341 Å². The van der Waals surface area contributed by atoms with E-state index < -0.39 is 109 Å². The van der Waals surface area contributed by atoms with Crippen LogP contribution in [0.5, 0.6) is 0 Å². The van der Waals surface area contributed by atoms with Crippen molar-refractivity contribution >= 4 is 41.4 Å². The number of aromatic amines is 1. The van der Waals surface area contributed by atoms with E-state index in [1.807, 2.05) is 0 Å². The fourth-order valence-electron chi connectivity index (χ4n) is 3.92. The minimum absolute atomic E-state index is 0.246. The van der Waals surface area contributed by atoms with Crippen LogP contribution >= 0.6 is 0 Å². The van der Waals surface area contributed by atoms with E-state index >= 15 is 0 Å². The summed E-state index contributed by atoms with van der Waals surface area (Å²) in [7, 11) is 0. The number of rotatable bonds is 20. The fraction of sp³-hybridized carbons (Fsp3) is 0.615. The fourth-order valence-corrected chi connectivity index (χ4v) is 3.92. The number of nitrogens with zero attached hydrogens (tertiary/aromatic N) is 1. The molecule has 0 spiro atoms. The smallest absolute Gasteiger partial charge is 0.326 e. The number of hydrogen-bond acceptors (Lipinski definition) is 12. The zero-order valence-corrected chi connectivity index (χ0v) is 25.6. The van der Waals surface area contributed by atoms with E-state index in [0.29, 0.717) is 12.1 Å². The number of carboxylic acid groups (broad SMARTS) is 1. The van der Waals surface area contributed by atoms with Gasteiger partial charge in [-0.1, -0.05) is 20.3 Å². The number of nitrogens with one attached hydrogen (secondary N) is 6. The molecule has 0 aliphatic heterocycles. The molecule has 1 rings (SSSR count). The lowest BCUT2D eigenvalue weighted by Crippen LogP contribution is -2.62. The Bertz CT molecular complexity index is 1210. The third kappa shape index (κ3) is 12.4. The number of imidazole rings is 1. The molecule has 0 aliphatic rings. The van der Waals surface area contributed by atoms with E-state index in [1.54, 1.807) is 13.8 Å². The highest BCUT2D eigenvalue weighted by Crippen LogP contribution is 2.10. The number of carboxylic acids is 1. The molecule has 0 fully saturated rings. The third-order valence-electron chi connectivity index (χ3n) is 6.84. The van der Waals surface area contributed by atoms with Crippen LogP contribution in [0.2, 0.25) is 0 Å². The molecule has 46 heavy (non-hydrogen) atoms. The Hall–Kier alpha value is -4.66. The molecule has 20 nitrogen and oxygen atoms in total. The molecule has 14 N–H and O–H groups in total. The summed E-state index contributed by atoms with van der Waals surface area (Å²) >= 11 is 0. The van der Waals surface area contributed by atoms with Crippen LogP contribution in [0.4, 0.5) is 0 Å². The Balaban J connectivity index is 3.16. The Kier molecular flexibility index (Phi) is 16.2. The predicted molar refractivity (Wildman–Crippen MR) is 157 cm³/mol. The highest BCUT2D eigenvalue weighted by Gasteiger charge is 2.35. The standard InChI is InChI=1S/C26H43N9O11/c1-4-11(2)19(34-25(44)20(12(3)38)35-21(40)14(27)8-36)24(43)33-17(9-37)23(42)31-15(5-13-7-29-10-30-13)22(41)32-16(26(45)46)6-18(28)39/h7,10-12,14-17,19-20,36-38H,4-6,8-9,27H2,1-3H3,(H2,28,39)(H,29,30)(H,31,42)(H,32,41)(H,33,43)(H,34,44)(H,35,40)(H,45,46)/t11-,12+,14-,15-,16-,17-,19-,20-/m0/s1. The van der Waals surface area contributed by atoms with Crippen LogP contribution in [0.3, 0.4) is 0 Å². The summed E-state index contributed by atoms with van der Waals surface area (Å²) in [5.41, 5.74) is 10.9. The first-order valence-electron chi connectivity index (χ1n) is 14.2. The first-order valence-corrected chi connectivity index (χ1v) is 14.2. The van der Waals surface area contributed by atoms with Gasteiger partial charge in [-0.3, -0.25) is 28.8 Å².